The molecule has 0 atom stereocenters. The Morgan fingerprint density at radius 3 is 0.909 bits per heavy atom. The van der Waals surface area contributed by atoms with Gasteiger partial charge in [0, 0.05) is 7.11 Å². The summed E-state index contributed by atoms with van der Waals surface area (Å²) >= 11 is 0. The van der Waals surface area contributed by atoms with Crippen molar-refractivity contribution in [1.82, 2.24) is 0 Å². The molecule has 0 heterocycles. The van der Waals surface area contributed by atoms with E-state index < -0.39 is 18.1 Å². The Morgan fingerprint density at radius 1 is 0.818 bits per heavy atom. The molecule has 0 aromatic rings. The summed E-state index contributed by atoms with van der Waals surface area (Å²) in [5.41, 5.74) is 0. The Balaban J connectivity index is 0. The van der Waals surface area contributed by atoms with Gasteiger partial charge in [0.1, 0.15) is 0 Å². The quantitative estimate of drug-likeness (QED) is 0.212. The molecule has 0 aliphatic rings. The molecule has 0 unspecified atom stereocenters. The summed E-state index contributed by atoms with van der Waals surface area (Å²) in [6.45, 7) is 0. The maximum absolute atomic E-state index is 7.85. The van der Waals surface area contributed by atoms with E-state index in [4.69, 9.17) is 33.6 Å². The van der Waals surface area contributed by atoms with Crippen LogP contribution in [0.4, 0.5) is 0 Å². The molecule has 0 bridgehead atoms. The van der Waals surface area contributed by atoms with Crippen LogP contribution in [0.15, 0.2) is 0 Å². The predicted molar refractivity (Wildman–Crippen MR) is 34.0 cm³/mol. The van der Waals surface area contributed by atoms with E-state index in [1.807, 2.05) is 0 Å². The molecule has 8 nitrogen and oxygen atoms in total. The van der Waals surface area contributed by atoms with E-state index in [0.29, 0.717) is 0 Å². The SMILES string of the molecule is CO[Si](O)(O)O.O[Si](O)(O)O. The van der Waals surface area contributed by atoms with Gasteiger partial charge in [-0.3, -0.25) is 0 Å². The Bertz CT molecular complexity index is 83.2. The second kappa shape index (κ2) is 4.88. The zero-order chi connectivity index (χ0) is 9.71. The lowest BCUT2D eigenvalue weighted by Gasteiger charge is -2.01. The van der Waals surface area contributed by atoms with Crippen molar-refractivity contribution in [2.24, 2.45) is 0 Å². The van der Waals surface area contributed by atoms with Crippen molar-refractivity contribution in [3.63, 3.8) is 0 Å². The maximum Gasteiger partial charge on any atom is 0.671 e. The van der Waals surface area contributed by atoms with Crippen LogP contribution in [-0.2, 0) is 4.43 Å². The van der Waals surface area contributed by atoms with Crippen LogP contribution in [0.5, 0.6) is 0 Å². The van der Waals surface area contributed by atoms with Crippen LogP contribution in [0, 0.1) is 0 Å². The molecule has 0 saturated heterocycles. The molecule has 0 amide bonds. The van der Waals surface area contributed by atoms with Gasteiger partial charge in [0.15, 0.2) is 0 Å². The van der Waals surface area contributed by atoms with Gasteiger partial charge >= 0.3 is 18.1 Å². The van der Waals surface area contributed by atoms with Crippen molar-refractivity contribution in [2.75, 3.05) is 7.11 Å². The van der Waals surface area contributed by atoms with E-state index in [2.05, 4.69) is 4.43 Å². The van der Waals surface area contributed by atoms with Gasteiger partial charge < -0.3 is 38.0 Å². The van der Waals surface area contributed by atoms with Gasteiger partial charge in [-0.1, -0.05) is 0 Å². The van der Waals surface area contributed by atoms with Crippen molar-refractivity contribution < 1.29 is 38.0 Å². The Kier molecular flexibility index (Phi) is 6.08. The summed E-state index contributed by atoms with van der Waals surface area (Å²) in [4.78, 5) is 52.9. The highest BCUT2D eigenvalue weighted by atomic mass is 28.4. The molecule has 70 valence electrons. The van der Waals surface area contributed by atoms with Gasteiger partial charge in [-0.15, -0.1) is 0 Å². The van der Waals surface area contributed by atoms with Gasteiger partial charge in [0.2, 0.25) is 0 Å². The van der Waals surface area contributed by atoms with E-state index in [9.17, 15) is 0 Å². The standard InChI is InChI=1S/CH6O4Si.H4O4Si/c1-5-6(2,3)4;1-5(2,3)4/h2-4H,1H3;1-4H. The van der Waals surface area contributed by atoms with Crippen molar-refractivity contribution in [3.05, 3.63) is 0 Å². The molecule has 0 aromatic heterocycles. The lowest BCUT2D eigenvalue weighted by molar-refractivity contribution is 0.0879. The van der Waals surface area contributed by atoms with Gasteiger partial charge in [-0.2, -0.15) is 0 Å². The fourth-order valence-electron chi connectivity index (χ4n) is 0. The van der Waals surface area contributed by atoms with Gasteiger partial charge in [-0.05, 0) is 0 Å². The highest BCUT2D eigenvalue weighted by molar-refractivity contribution is 6.48. The van der Waals surface area contributed by atoms with Crippen molar-refractivity contribution in [3.8, 4) is 0 Å². The first kappa shape index (κ1) is 13.7. The molecule has 7 N–H and O–H groups in total. The van der Waals surface area contributed by atoms with Crippen molar-refractivity contribution in [1.29, 1.82) is 0 Å². The summed E-state index contributed by atoms with van der Waals surface area (Å²) in [5.74, 6) is 0. The van der Waals surface area contributed by atoms with Crippen LogP contribution in [0.25, 0.3) is 0 Å². The normalized spacial score (nSPS) is 12.0. The monoisotopic (exact) mass is 206 g/mol. The fourth-order valence-corrected chi connectivity index (χ4v) is 0. The third-order valence-corrected chi connectivity index (χ3v) is 0.822. The molecule has 0 aromatic carbocycles. The fraction of sp³-hybridized carbons (Fsp3) is 1.00. The lowest BCUT2D eigenvalue weighted by atomic mass is 11.8. The molecule has 0 radical (unpaired) electrons. The van der Waals surface area contributed by atoms with E-state index in [1.54, 1.807) is 0 Å². The first-order valence-corrected chi connectivity index (χ1v) is 5.72. The summed E-state index contributed by atoms with van der Waals surface area (Å²) in [6.07, 6.45) is 0. The molecule has 0 rings (SSSR count). The maximum atomic E-state index is 7.85. The summed E-state index contributed by atoms with van der Waals surface area (Å²) in [5, 5.41) is 0. The first-order valence-electron chi connectivity index (χ1n) is 2.18. The molecule has 0 saturated carbocycles. The zero-order valence-electron chi connectivity index (χ0n) is 5.54. The van der Waals surface area contributed by atoms with Crippen molar-refractivity contribution in [2.45, 2.75) is 0 Å². The third kappa shape index (κ3) is 68.7. The smallest absolute Gasteiger partial charge is 0.368 e. The third-order valence-electron chi connectivity index (χ3n) is 0.274. The van der Waals surface area contributed by atoms with Crippen molar-refractivity contribution >= 4 is 18.1 Å². The Hall–Kier alpha value is 0.114. The van der Waals surface area contributed by atoms with E-state index >= 15 is 0 Å². The second-order valence-corrected chi connectivity index (χ2v) is 4.13. The molecule has 11 heavy (non-hydrogen) atoms. The van der Waals surface area contributed by atoms with Crippen LogP contribution >= 0.6 is 0 Å². The summed E-state index contributed by atoms with van der Waals surface area (Å²) in [6, 6.07) is 0. The second-order valence-electron chi connectivity index (χ2n) is 1.38. The Labute approximate surface area is 64.2 Å². The molecule has 0 fully saturated rings. The molecular weight excluding hydrogens is 196 g/mol. The van der Waals surface area contributed by atoms with Gasteiger partial charge in [0.25, 0.3) is 0 Å². The zero-order valence-corrected chi connectivity index (χ0v) is 7.54. The van der Waals surface area contributed by atoms with E-state index in [0.717, 1.165) is 7.11 Å². The van der Waals surface area contributed by atoms with Crippen LogP contribution < -0.4 is 0 Å². The first-order chi connectivity index (χ1) is 4.56. The molecule has 0 spiro atoms. The minimum Gasteiger partial charge on any atom is -0.368 e. The number of hydrogen-bond acceptors (Lipinski definition) is 8. The molecular formula is CH10O8Si2. The van der Waals surface area contributed by atoms with Crippen LogP contribution in [0.3, 0.4) is 0 Å². The number of hydrogen-bond donors (Lipinski definition) is 7. The van der Waals surface area contributed by atoms with Gasteiger partial charge in [0.05, 0.1) is 0 Å². The largest absolute Gasteiger partial charge is 0.671 e. The van der Waals surface area contributed by atoms with Crippen LogP contribution in [-0.4, -0.2) is 58.8 Å². The van der Waals surface area contributed by atoms with Gasteiger partial charge in [-0.25, -0.2) is 0 Å². The van der Waals surface area contributed by atoms with E-state index in [-0.39, 0.29) is 0 Å². The van der Waals surface area contributed by atoms with Crippen LogP contribution in [0.2, 0.25) is 0 Å². The Morgan fingerprint density at radius 2 is 0.909 bits per heavy atom. The molecule has 0 aliphatic carbocycles. The number of rotatable bonds is 1. The van der Waals surface area contributed by atoms with Crippen LogP contribution in [0.1, 0.15) is 0 Å². The lowest BCUT2D eigenvalue weighted by Crippen LogP contribution is -2.37. The summed E-state index contributed by atoms with van der Waals surface area (Å²) < 4.78 is 3.74. The highest BCUT2D eigenvalue weighted by Crippen LogP contribution is 1.80. The topological polar surface area (TPSA) is 151 Å². The molecule has 0 aliphatic heterocycles. The summed E-state index contributed by atoms with van der Waals surface area (Å²) in [7, 11) is -7.72. The average molecular weight is 206 g/mol. The minimum absolute atomic E-state index is 1.02. The molecule has 10 heteroatoms. The predicted octanol–water partition coefficient (Wildman–Crippen LogP) is -4.56. The minimum atomic E-state index is -4.61. The van der Waals surface area contributed by atoms with E-state index in [1.165, 1.54) is 0 Å². The highest BCUT2D eigenvalue weighted by Gasteiger charge is 2.27. The average Bonchev–Trinajstić information content (AvgIpc) is 1.59.